The molecular formula is C18H13ClN4O2S2. The molecule has 1 heterocycles. The van der Waals surface area contributed by atoms with Gasteiger partial charge in [0.2, 0.25) is 5.13 Å². The van der Waals surface area contributed by atoms with Crippen LogP contribution in [0.3, 0.4) is 0 Å². The first-order valence-electron chi connectivity index (χ1n) is 7.69. The molecule has 0 atom stereocenters. The van der Waals surface area contributed by atoms with Crippen molar-refractivity contribution in [3.63, 3.8) is 0 Å². The summed E-state index contributed by atoms with van der Waals surface area (Å²) in [4.78, 5) is 12.5. The van der Waals surface area contributed by atoms with Gasteiger partial charge in [-0.1, -0.05) is 46.8 Å². The predicted octanol–water partition coefficient (Wildman–Crippen LogP) is 4.62. The molecule has 3 aromatic rings. The summed E-state index contributed by atoms with van der Waals surface area (Å²) in [6.45, 7) is 0. The minimum Gasteiger partial charge on any atom is -0.496 e. The van der Waals surface area contributed by atoms with Crippen molar-refractivity contribution in [3.05, 3.63) is 64.2 Å². The molecule has 0 aliphatic carbocycles. The molecule has 0 aliphatic rings. The number of nitrogens with one attached hydrogen (secondary N) is 1. The van der Waals surface area contributed by atoms with Gasteiger partial charge in [0.25, 0.3) is 5.91 Å². The van der Waals surface area contributed by atoms with Gasteiger partial charge in [0.15, 0.2) is 4.34 Å². The Kier molecular flexibility index (Phi) is 6.29. The SMILES string of the molecule is COc1ccc(Cl)cc1C(=O)Nc1nnc(SCc2ccc(C#N)cc2)s1. The van der Waals surface area contributed by atoms with Gasteiger partial charge in [-0.2, -0.15) is 5.26 Å². The molecule has 1 N–H and O–H groups in total. The Hall–Kier alpha value is -2.60. The Morgan fingerprint density at radius 1 is 1.30 bits per heavy atom. The number of hydrogen-bond donors (Lipinski definition) is 1. The summed E-state index contributed by atoms with van der Waals surface area (Å²) in [5.41, 5.74) is 2.02. The zero-order valence-electron chi connectivity index (χ0n) is 14.1. The van der Waals surface area contributed by atoms with E-state index in [1.807, 2.05) is 12.1 Å². The number of carbonyl (C=O) groups is 1. The molecule has 27 heavy (non-hydrogen) atoms. The van der Waals surface area contributed by atoms with Crippen LogP contribution in [0.25, 0.3) is 0 Å². The molecule has 0 spiro atoms. The molecule has 0 saturated carbocycles. The number of aromatic nitrogens is 2. The second-order valence-corrected chi connectivity index (χ2v) is 7.91. The van der Waals surface area contributed by atoms with E-state index in [9.17, 15) is 4.79 Å². The van der Waals surface area contributed by atoms with Crippen molar-refractivity contribution in [2.75, 3.05) is 12.4 Å². The van der Waals surface area contributed by atoms with Crippen LogP contribution in [0, 0.1) is 11.3 Å². The average molecular weight is 417 g/mol. The summed E-state index contributed by atoms with van der Waals surface area (Å²) in [5.74, 6) is 0.752. The summed E-state index contributed by atoms with van der Waals surface area (Å²) in [7, 11) is 1.49. The smallest absolute Gasteiger partial charge is 0.261 e. The fraction of sp³-hybridized carbons (Fsp3) is 0.111. The lowest BCUT2D eigenvalue weighted by Gasteiger charge is -2.07. The van der Waals surface area contributed by atoms with Crippen molar-refractivity contribution in [2.24, 2.45) is 0 Å². The number of nitriles is 1. The predicted molar refractivity (Wildman–Crippen MR) is 107 cm³/mol. The van der Waals surface area contributed by atoms with Crippen LogP contribution in [-0.2, 0) is 5.75 Å². The van der Waals surface area contributed by atoms with Crippen molar-refractivity contribution >= 4 is 45.7 Å². The highest BCUT2D eigenvalue weighted by atomic mass is 35.5. The maximum absolute atomic E-state index is 12.5. The molecule has 6 nitrogen and oxygen atoms in total. The van der Waals surface area contributed by atoms with Crippen LogP contribution < -0.4 is 10.1 Å². The van der Waals surface area contributed by atoms with E-state index in [2.05, 4.69) is 21.6 Å². The monoisotopic (exact) mass is 416 g/mol. The number of carbonyl (C=O) groups excluding carboxylic acids is 1. The molecule has 136 valence electrons. The lowest BCUT2D eigenvalue weighted by atomic mass is 10.2. The fourth-order valence-corrected chi connectivity index (χ4v) is 4.04. The van der Waals surface area contributed by atoms with Crippen molar-refractivity contribution in [2.45, 2.75) is 10.1 Å². The topological polar surface area (TPSA) is 87.9 Å². The minimum atomic E-state index is -0.367. The molecule has 1 aromatic heterocycles. The first kappa shape index (κ1) is 19.2. The quantitative estimate of drug-likeness (QED) is 0.466. The number of anilines is 1. The van der Waals surface area contributed by atoms with Gasteiger partial charge in [-0.15, -0.1) is 10.2 Å². The van der Waals surface area contributed by atoms with Crippen LogP contribution in [0.1, 0.15) is 21.5 Å². The third kappa shape index (κ3) is 4.98. The zero-order chi connectivity index (χ0) is 19.2. The van der Waals surface area contributed by atoms with E-state index in [0.717, 1.165) is 9.90 Å². The minimum absolute atomic E-state index is 0.326. The van der Waals surface area contributed by atoms with Crippen LogP contribution in [0.2, 0.25) is 5.02 Å². The number of methoxy groups -OCH3 is 1. The largest absolute Gasteiger partial charge is 0.496 e. The van der Waals surface area contributed by atoms with Crippen LogP contribution in [0.4, 0.5) is 5.13 Å². The normalized spacial score (nSPS) is 10.3. The number of halogens is 1. The van der Waals surface area contributed by atoms with E-state index in [0.29, 0.717) is 32.8 Å². The Morgan fingerprint density at radius 3 is 2.78 bits per heavy atom. The molecule has 0 bridgehead atoms. The third-order valence-electron chi connectivity index (χ3n) is 3.48. The highest BCUT2D eigenvalue weighted by Gasteiger charge is 2.15. The second kappa shape index (κ2) is 8.86. The first-order chi connectivity index (χ1) is 13.1. The molecule has 0 radical (unpaired) electrons. The molecule has 3 rings (SSSR count). The third-order valence-corrected chi connectivity index (χ3v) is 5.76. The van der Waals surface area contributed by atoms with Gasteiger partial charge in [0, 0.05) is 10.8 Å². The molecule has 0 aliphatic heterocycles. The Bertz CT molecular complexity index is 999. The number of amides is 1. The highest BCUT2D eigenvalue weighted by molar-refractivity contribution is 8.00. The Labute approximate surface area is 169 Å². The second-order valence-electron chi connectivity index (χ2n) is 5.27. The maximum Gasteiger partial charge on any atom is 0.261 e. The summed E-state index contributed by atoms with van der Waals surface area (Å²) in [6, 6.07) is 14.3. The van der Waals surface area contributed by atoms with Crippen molar-refractivity contribution in [3.8, 4) is 11.8 Å². The summed E-state index contributed by atoms with van der Waals surface area (Å²) < 4.78 is 5.92. The lowest BCUT2D eigenvalue weighted by molar-refractivity contribution is 0.102. The van der Waals surface area contributed by atoms with Gasteiger partial charge in [-0.3, -0.25) is 10.1 Å². The number of nitrogens with zero attached hydrogens (tertiary/aromatic N) is 3. The molecular weight excluding hydrogens is 404 g/mol. The van der Waals surface area contributed by atoms with Crippen molar-refractivity contribution in [1.82, 2.24) is 10.2 Å². The van der Waals surface area contributed by atoms with E-state index in [1.54, 1.807) is 24.3 Å². The van der Waals surface area contributed by atoms with E-state index in [1.165, 1.54) is 36.3 Å². The number of rotatable bonds is 6. The van der Waals surface area contributed by atoms with Gasteiger partial charge in [0.05, 0.1) is 24.3 Å². The summed E-state index contributed by atoms with van der Waals surface area (Å²) >= 11 is 8.75. The van der Waals surface area contributed by atoms with Gasteiger partial charge in [0.1, 0.15) is 5.75 Å². The van der Waals surface area contributed by atoms with E-state index >= 15 is 0 Å². The van der Waals surface area contributed by atoms with E-state index in [4.69, 9.17) is 21.6 Å². The molecule has 1 amide bonds. The van der Waals surface area contributed by atoms with Crippen LogP contribution in [0.15, 0.2) is 46.8 Å². The van der Waals surface area contributed by atoms with Gasteiger partial charge in [-0.25, -0.2) is 0 Å². The number of ether oxygens (including phenoxy) is 1. The molecule has 0 saturated heterocycles. The number of benzene rings is 2. The summed E-state index contributed by atoms with van der Waals surface area (Å²) in [5, 5.41) is 20.4. The average Bonchev–Trinajstić information content (AvgIpc) is 3.14. The molecule has 0 fully saturated rings. The van der Waals surface area contributed by atoms with Crippen LogP contribution in [-0.4, -0.2) is 23.2 Å². The van der Waals surface area contributed by atoms with E-state index in [-0.39, 0.29) is 5.91 Å². The first-order valence-corrected chi connectivity index (χ1v) is 9.87. The van der Waals surface area contributed by atoms with Crippen LogP contribution in [0.5, 0.6) is 5.75 Å². The number of thioether (sulfide) groups is 1. The summed E-state index contributed by atoms with van der Waals surface area (Å²) in [6.07, 6.45) is 0. The van der Waals surface area contributed by atoms with Gasteiger partial charge in [-0.05, 0) is 35.9 Å². The number of hydrogen-bond acceptors (Lipinski definition) is 7. The van der Waals surface area contributed by atoms with E-state index < -0.39 is 0 Å². The standard InChI is InChI=1S/C18H13ClN4O2S2/c1-25-15-7-6-13(19)8-14(15)16(24)21-17-22-23-18(27-17)26-10-12-4-2-11(9-20)3-5-12/h2-8H,10H2,1H3,(H,21,22,24). The lowest BCUT2D eigenvalue weighted by Crippen LogP contribution is -2.13. The molecule has 2 aromatic carbocycles. The Morgan fingerprint density at radius 2 is 2.07 bits per heavy atom. The van der Waals surface area contributed by atoms with Crippen molar-refractivity contribution < 1.29 is 9.53 Å². The van der Waals surface area contributed by atoms with Crippen molar-refractivity contribution in [1.29, 1.82) is 5.26 Å². The molecule has 9 heteroatoms. The Balaban J connectivity index is 1.63. The van der Waals surface area contributed by atoms with Gasteiger partial charge < -0.3 is 4.74 Å². The maximum atomic E-state index is 12.5. The zero-order valence-corrected chi connectivity index (χ0v) is 16.5. The molecule has 0 unspecified atom stereocenters. The van der Waals surface area contributed by atoms with Crippen LogP contribution >= 0.6 is 34.7 Å². The van der Waals surface area contributed by atoms with Gasteiger partial charge >= 0.3 is 0 Å². The highest BCUT2D eigenvalue weighted by Crippen LogP contribution is 2.29. The fourth-order valence-electron chi connectivity index (χ4n) is 2.16.